The topological polar surface area (TPSA) is 71.3 Å². The molecule has 0 aliphatic heterocycles. The van der Waals surface area contributed by atoms with Crippen molar-refractivity contribution in [1.82, 2.24) is 9.88 Å². The zero-order valence-electron chi connectivity index (χ0n) is 17.9. The number of halogens is 2. The number of amides is 1. The molecule has 1 amide bonds. The molecule has 1 aliphatic rings. The van der Waals surface area contributed by atoms with E-state index < -0.39 is 12.0 Å². The van der Waals surface area contributed by atoms with Crippen molar-refractivity contribution in [3.63, 3.8) is 0 Å². The second-order valence-electron chi connectivity index (χ2n) is 8.32. The minimum Gasteiger partial charge on any atom is -0.480 e. The SMILES string of the molecule is CCC(C(=O)O)n1c2c(c3cc(F)ccc31)C[C@@H](NC(=O)CCc1ccccc1Br)CC2. The Kier molecular flexibility index (Phi) is 6.65. The third-order valence-electron chi connectivity index (χ3n) is 6.29. The number of nitrogens with one attached hydrogen (secondary N) is 1. The molecule has 2 N–H and O–H groups in total. The van der Waals surface area contributed by atoms with E-state index in [0.717, 1.165) is 38.6 Å². The molecular formula is C25H26BrFN2O3. The summed E-state index contributed by atoms with van der Waals surface area (Å²) in [5, 5.41) is 13.6. The second kappa shape index (κ2) is 9.45. The van der Waals surface area contributed by atoms with Gasteiger partial charge in [-0.2, -0.15) is 0 Å². The summed E-state index contributed by atoms with van der Waals surface area (Å²) in [5.74, 6) is -1.25. The molecule has 32 heavy (non-hydrogen) atoms. The molecule has 1 aliphatic carbocycles. The molecule has 0 saturated carbocycles. The number of hydrogen-bond acceptors (Lipinski definition) is 2. The largest absolute Gasteiger partial charge is 0.480 e. The van der Waals surface area contributed by atoms with Gasteiger partial charge in [-0.1, -0.05) is 41.1 Å². The van der Waals surface area contributed by atoms with Gasteiger partial charge in [0, 0.05) is 33.5 Å². The van der Waals surface area contributed by atoms with Gasteiger partial charge in [-0.05, 0) is 67.5 Å². The average Bonchev–Trinajstić information content (AvgIpc) is 3.06. The third kappa shape index (κ3) is 4.44. The van der Waals surface area contributed by atoms with Crippen LogP contribution in [0, 0.1) is 5.82 Å². The smallest absolute Gasteiger partial charge is 0.326 e. The first-order valence-electron chi connectivity index (χ1n) is 11.0. The van der Waals surface area contributed by atoms with Crippen LogP contribution in [0.1, 0.15) is 49.0 Å². The van der Waals surface area contributed by atoms with E-state index in [-0.39, 0.29) is 17.8 Å². The second-order valence-corrected chi connectivity index (χ2v) is 9.17. The predicted octanol–water partition coefficient (Wildman–Crippen LogP) is 5.18. The van der Waals surface area contributed by atoms with Gasteiger partial charge in [0.2, 0.25) is 5.91 Å². The summed E-state index contributed by atoms with van der Waals surface area (Å²) in [6.07, 6.45) is 3.41. The Morgan fingerprint density at radius 2 is 2.06 bits per heavy atom. The fraction of sp³-hybridized carbons (Fsp3) is 0.360. The van der Waals surface area contributed by atoms with Gasteiger partial charge in [0.1, 0.15) is 11.9 Å². The van der Waals surface area contributed by atoms with Gasteiger partial charge in [-0.25, -0.2) is 9.18 Å². The number of hydrogen-bond donors (Lipinski definition) is 2. The van der Waals surface area contributed by atoms with E-state index in [2.05, 4.69) is 21.2 Å². The number of carboxylic acid groups (broad SMARTS) is 1. The summed E-state index contributed by atoms with van der Waals surface area (Å²) in [7, 11) is 0. The number of carboxylic acids is 1. The Hall–Kier alpha value is -2.67. The van der Waals surface area contributed by atoms with Crippen molar-refractivity contribution in [3.8, 4) is 0 Å². The molecule has 5 nitrogen and oxygen atoms in total. The Morgan fingerprint density at radius 3 is 2.78 bits per heavy atom. The van der Waals surface area contributed by atoms with Gasteiger partial charge in [0.05, 0.1) is 0 Å². The Bertz CT molecular complexity index is 1170. The first-order valence-corrected chi connectivity index (χ1v) is 11.7. The quantitative estimate of drug-likeness (QED) is 0.469. The molecule has 0 bridgehead atoms. The van der Waals surface area contributed by atoms with Crippen LogP contribution >= 0.6 is 15.9 Å². The van der Waals surface area contributed by atoms with Gasteiger partial charge >= 0.3 is 5.97 Å². The van der Waals surface area contributed by atoms with Crippen molar-refractivity contribution in [3.05, 3.63) is 69.6 Å². The maximum atomic E-state index is 14.1. The lowest BCUT2D eigenvalue weighted by atomic mass is 9.91. The number of aromatic nitrogens is 1. The van der Waals surface area contributed by atoms with Gasteiger partial charge in [-0.3, -0.25) is 4.79 Å². The molecular weight excluding hydrogens is 475 g/mol. The highest BCUT2D eigenvalue weighted by atomic mass is 79.9. The minimum atomic E-state index is -0.890. The minimum absolute atomic E-state index is 0.0129. The molecule has 1 unspecified atom stereocenters. The van der Waals surface area contributed by atoms with Gasteiger partial charge < -0.3 is 15.0 Å². The summed E-state index contributed by atoms with van der Waals surface area (Å²) in [5.41, 5.74) is 3.72. The van der Waals surface area contributed by atoms with Crippen LogP contribution in [0.3, 0.4) is 0 Å². The van der Waals surface area contributed by atoms with E-state index in [9.17, 15) is 19.1 Å². The van der Waals surface area contributed by atoms with Crippen LogP contribution in [0.4, 0.5) is 4.39 Å². The fourth-order valence-electron chi connectivity index (χ4n) is 4.76. The summed E-state index contributed by atoms with van der Waals surface area (Å²) >= 11 is 3.52. The number of carbonyl (C=O) groups excluding carboxylic acids is 1. The number of rotatable bonds is 7. The molecule has 0 saturated heterocycles. The average molecular weight is 501 g/mol. The van der Waals surface area contributed by atoms with Crippen molar-refractivity contribution in [2.24, 2.45) is 0 Å². The molecule has 0 spiro atoms. The Balaban J connectivity index is 1.55. The maximum Gasteiger partial charge on any atom is 0.326 e. The highest BCUT2D eigenvalue weighted by Gasteiger charge is 2.30. The number of nitrogens with zero attached hydrogens (tertiary/aromatic N) is 1. The van der Waals surface area contributed by atoms with Gasteiger partial charge in [-0.15, -0.1) is 0 Å². The molecule has 1 aromatic heterocycles. The molecule has 2 aromatic carbocycles. The van der Waals surface area contributed by atoms with E-state index in [1.807, 2.05) is 35.8 Å². The van der Waals surface area contributed by atoms with E-state index in [4.69, 9.17) is 0 Å². The predicted molar refractivity (Wildman–Crippen MR) is 125 cm³/mol. The van der Waals surface area contributed by atoms with Crippen LogP contribution in [0.25, 0.3) is 10.9 Å². The van der Waals surface area contributed by atoms with Gasteiger partial charge in [0.15, 0.2) is 0 Å². The molecule has 4 rings (SSSR count). The number of carbonyl (C=O) groups is 2. The Morgan fingerprint density at radius 1 is 1.28 bits per heavy atom. The third-order valence-corrected chi connectivity index (χ3v) is 7.06. The lowest BCUT2D eigenvalue weighted by Crippen LogP contribution is -2.39. The molecule has 7 heteroatoms. The van der Waals surface area contributed by atoms with E-state index in [1.54, 1.807) is 6.07 Å². The van der Waals surface area contributed by atoms with Crippen LogP contribution in [0.15, 0.2) is 46.9 Å². The molecule has 2 atom stereocenters. The summed E-state index contributed by atoms with van der Waals surface area (Å²) in [4.78, 5) is 24.5. The van der Waals surface area contributed by atoms with Crippen LogP contribution in [-0.2, 0) is 28.9 Å². The number of aryl methyl sites for hydroxylation is 1. The highest BCUT2D eigenvalue weighted by molar-refractivity contribution is 9.10. The zero-order chi connectivity index (χ0) is 22.8. The first kappa shape index (κ1) is 22.5. The number of benzene rings is 2. The molecule has 0 fully saturated rings. The lowest BCUT2D eigenvalue weighted by molar-refractivity contribution is -0.141. The van der Waals surface area contributed by atoms with E-state index in [1.165, 1.54) is 12.1 Å². The van der Waals surface area contributed by atoms with E-state index in [0.29, 0.717) is 32.1 Å². The Labute approximate surface area is 194 Å². The standard InChI is InChI=1S/C25H26BrFN2O3/c1-2-21(25(31)32)29-22-10-8-16(27)13-18(22)19-14-17(9-11-23(19)29)28-24(30)12-7-15-5-3-4-6-20(15)26/h3-6,8,10,13,17,21H,2,7,9,11-12,14H2,1H3,(H,28,30)(H,31,32)/t17-,21?/m0/s1. The monoisotopic (exact) mass is 500 g/mol. The summed E-state index contributed by atoms with van der Waals surface area (Å²) in [6.45, 7) is 1.84. The molecule has 3 aromatic rings. The molecule has 0 radical (unpaired) electrons. The van der Waals surface area contributed by atoms with Crippen molar-refractivity contribution >= 4 is 38.7 Å². The molecule has 168 valence electrons. The summed E-state index contributed by atoms with van der Waals surface area (Å²) < 4.78 is 16.9. The fourth-order valence-corrected chi connectivity index (χ4v) is 5.24. The van der Waals surface area contributed by atoms with Crippen LogP contribution in [-0.4, -0.2) is 27.6 Å². The van der Waals surface area contributed by atoms with Crippen molar-refractivity contribution in [2.75, 3.05) is 0 Å². The van der Waals surface area contributed by atoms with Crippen molar-refractivity contribution < 1.29 is 19.1 Å². The van der Waals surface area contributed by atoms with Crippen LogP contribution in [0.5, 0.6) is 0 Å². The molecule has 1 heterocycles. The summed E-state index contributed by atoms with van der Waals surface area (Å²) in [6, 6.07) is 11.6. The van der Waals surface area contributed by atoms with Crippen LogP contribution < -0.4 is 5.32 Å². The lowest BCUT2D eigenvalue weighted by Gasteiger charge is -2.26. The maximum absolute atomic E-state index is 14.1. The van der Waals surface area contributed by atoms with Crippen molar-refractivity contribution in [1.29, 1.82) is 0 Å². The highest BCUT2D eigenvalue weighted by Crippen LogP contribution is 2.36. The normalized spacial score (nSPS) is 16.5. The number of aliphatic carboxylic acids is 1. The van der Waals surface area contributed by atoms with Crippen LogP contribution in [0.2, 0.25) is 0 Å². The van der Waals surface area contributed by atoms with Gasteiger partial charge in [0.25, 0.3) is 0 Å². The van der Waals surface area contributed by atoms with Crippen molar-refractivity contribution in [2.45, 2.75) is 57.5 Å². The first-order chi connectivity index (χ1) is 15.4. The number of fused-ring (bicyclic) bond motifs is 3. The zero-order valence-corrected chi connectivity index (χ0v) is 19.5. The van der Waals surface area contributed by atoms with E-state index >= 15 is 0 Å².